The lowest BCUT2D eigenvalue weighted by Crippen LogP contribution is -1.97. The fraction of sp³-hybridized carbons (Fsp3) is 0. The molecule has 2 heterocycles. The van der Waals surface area contributed by atoms with Crippen molar-refractivity contribution in [2.24, 2.45) is 0 Å². The van der Waals surface area contributed by atoms with Crippen molar-refractivity contribution in [1.29, 1.82) is 0 Å². The van der Waals surface area contributed by atoms with Crippen molar-refractivity contribution in [2.45, 2.75) is 0 Å². The molecule has 4 nitrogen and oxygen atoms in total. The molecule has 2 rings (SSSR count). The lowest BCUT2D eigenvalue weighted by atomic mass is 10.4. The second-order valence-electron chi connectivity index (χ2n) is 2.27. The number of nitrogens with zero attached hydrogens (tertiary/aromatic N) is 2. The number of fused-ring (bicyclic) bond motifs is 1. The molecule has 0 fully saturated rings. The van der Waals surface area contributed by atoms with E-state index >= 15 is 0 Å². The van der Waals surface area contributed by atoms with Gasteiger partial charge in [0.05, 0.1) is 11.7 Å². The molecule has 0 aliphatic rings. The molecule has 56 valence electrons. The van der Waals surface area contributed by atoms with Gasteiger partial charge in [0.25, 0.3) is 0 Å². The van der Waals surface area contributed by atoms with Crippen LogP contribution in [0, 0.1) is 0 Å². The molecular formula is C7H7N3O. The number of aromatic hydroxyl groups is 1. The fourth-order valence-corrected chi connectivity index (χ4v) is 0.999. The van der Waals surface area contributed by atoms with E-state index in [-0.39, 0.29) is 11.6 Å². The van der Waals surface area contributed by atoms with Crippen LogP contribution < -0.4 is 5.73 Å². The van der Waals surface area contributed by atoms with E-state index in [0.717, 1.165) is 5.52 Å². The van der Waals surface area contributed by atoms with Gasteiger partial charge in [-0.15, -0.1) is 0 Å². The summed E-state index contributed by atoms with van der Waals surface area (Å²) >= 11 is 0. The second-order valence-corrected chi connectivity index (χ2v) is 2.27. The molecule has 0 radical (unpaired) electrons. The van der Waals surface area contributed by atoms with Crippen LogP contribution in [0.2, 0.25) is 0 Å². The molecule has 0 saturated carbocycles. The maximum Gasteiger partial charge on any atom is 0.167 e. The van der Waals surface area contributed by atoms with E-state index in [9.17, 15) is 0 Å². The van der Waals surface area contributed by atoms with Crippen molar-refractivity contribution in [3.63, 3.8) is 0 Å². The van der Waals surface area contributed by atoms with Crippen LogP contribution >= 0.6 is 0 Å². The van der Waals surface area contributed by atoms with E-state index in [2.05, 4.69) is 5.10 Å². The van der Waals surface area contributed by atoms with Gasteiger partial charge in [-0.25, -0.2) is 4.52 Å². The summed E-state index contributed by atoms with van der Waals surface area (Å²) < 4.78 is 1.48. The standard InChI is InChI=1S/C7H7N3O/c8-7-6(11)2-1-5-3-4-9-10(5)7/h1-4,11H,8H2. The summed E-state index contributed by atoms with van der Waals surface area (Å²) in [5, 5.41) is 13.1. The molecule has 2 aromatic heterocycles. The van der Waals surface area contributed by atoms with Crippen LogP contribution in [0.1, 0.15) is 0 Å². The zero-order valence-electron chi connectivity index (χ0n) is 5.73. The zero-order chi connectivity index (χ0) is 7.84. The molecule has 4 heteroatoms. The number of nitrogens with two attached hydrogens (primary N) is 1. The van der Waals surface area contributed by atoms with Crippen molar-refractivity contribution in [3.05, 3.63) is 24.4 Å². The van der Waals surface area contributed by atoms with Crippen LogP contribution in [0.3, 0.4) is 0 Å². The molecule has 0 bridgehead atoms. The SMILES string of the molecule is Nc1c(O)ccc2ccnn12. The minimum absolute atomic E-state index is 0.0567. The van der Waals surface area contributed by atoms with E-state index in [1.54, 1.807) is 18.3 Å². The Labute approximate surface area is 62.9 Å². The molecule has 0 amide bonds. The van der Waals surface area contributed by atoms with Gasteiger partial charge in [-0.1, -0.05) is 0 Å². The third kappa shape index (κ3) is 0.724. The van der Waals surface area contributed by atoms with E-state index < -0.39 is 0 Å². The molecule has 0 spiro atoms. The predicted octanol–water partition coefficient (Wildman–Crippen LogP) is 0.622. The van der Waals surface area contributed by atoms with E-state index in [1.165, 1.54) is 4.52 Å². The first-order chi connectivity index (χ1) is 5.29. The molecule has 0 aliphatic heterocycles. The highest BCUT2D eigenvalue weighted by atomic mass is 16.3. The summed E-state index contributed by atoms with van der Waals surface area (Å²) in [4.78, 5) is 0. The highest BCUT2D eigenvalue weighted by molar-refractivity contribution is 5.57. The quantitative estimate of drug-likeness (QED) is 0.577. The van der Waals surface area contributed by atoms with E-state index in [4.69, 9.17) is 10.8 Å². The van der Waals surface area contributed by atoms with Gasteiger partial charge in [-0.05, 0) is 18.2 Å². The average molecular weight is 149 g/mol. The molecule has 3 N–H and O–H groups in total. The first-order valence-corrected chi connectivity index (χ1v) is 3.20. The Morgan fingerprint density at radius 2 is 2.18 bits per heavy atom. The Morgan fingerprint density at radius 3 is 3.00 bits per heavy atom. The van der Waals surface area contributed by atoms with Crippen molar-refractivity contribution in [1.82, 2.24) is 9.61 Å². The maximum absolute atomic E-state index is 9.15. The van der Waals surface area contributed by atoms with Gasteiger partial charge in [0.1, 0.15) is 0 Å². The normalized spacial score (nSPS) is 10.5. The molecule has 0 saturated heterocycles. The first-order valence-electron chi connectivity index (χ1n) is 3.20. The average Bonchev–Trinajstić information content (AvgIpc) is 2.45. The summed E-state index contributed by atoms with van der Waals surface area (Å²) in [6.45, 7) is 0. The zero-order valence-corrected chi connectivity index (χ0v) is 5.73. The van der Waals surface area contributed by atoms with Crippen molar-refractivity contribution in [2.75, 3.05) is 5.73 Å². The molecule has 0 aliphatic carbocycles. The number of aromatic nitrogens is 2. The van der Waals surface area contributed by atoms with E-state index in [0.29, 0.717) is 0 Å². The number of pyridine rings is 1. The molecule has 2 aromatic rings. The number of hydrogen-bond acceptors (Lipinski definition) is 3. The summed E-state index contributed by atoms with van der Waals surface area (Å²) in [6, 6.07) is 5.11. The Morgan fingerprint density at radius 1 is 1.36 bits per heavy atom. The lowest BCUT2D eigenvalue weighted by Gasteiger charge is -1.99. The molecule has 0 atom stereocenters. The lowest BCUT2D eigenvalue weighted by molar-refractivity contribution is 0.474. The van der Waals surface area contributed by atoms with Crippen LogP contribution in [-0.4, -0.2) is 14.7 Å². The Balaban J connectivity index is 2.93. The van der Waals surface area contributed by atoms with Gasteiger partial charge in [0, 0.05) is 0 Å². The van der Waals surface area contributed by atoms with Gasteiger partial charge in [-0.2, -0.15) is 5.10 Å². The molecule has 0 unspecified atom stereocenters. The molecule has 0 aromatic carbocycles. The van der Waals surface area contributed by atoms with Gasteiger partial charge < -0.3 is 10.8 Å². The number of rotatable bonds is 0. The Bertz CT molecular complexity index is 393. The van der Waals surface area contributed by atoms with E-state index in [1.807, 2.05) is 6.07 Å². The van der Waals surface area contributed by atoms with Crippen LogP contribution in [0.5, 0.6) is 5.75 Å². The highest BCUT2D eigenvalue weighted by Crippen LogP contribution is 2.19. The maximum atomic E-state index is 9.15. The summed E-state index contributed by atoms with van der Waals surface area (Å²) in [5.74, 6) is 0.328. The van der Waals surface area contributed by atoms with Crippen LogP contribution in [-0.2, 0) is 0 Å². The minimum atomic E-state index is 0.0567. The van der Waals surface area contributed by atoms with Gasteiger partial charge >= 0.3 is 0 Å². The number of hydrogen-bond donors (Lipinski definition) is 2. The minimum Gasteiger partial charge on any atom is -0.504 e. The smallest absolute Gasteiger partial charge is 0.167 e. The number of anilines is 1. The predicted molar refractivity (Wildman–Crippen MR) is 41.3 cm³/mol. The van der Waals surface area contributed by atoms with Crippen molar-refractivity contribution < 1.29 is 5.11 Å². The second kappa shape index (κ2) is 1.88. The molecular weight excluding hydrogens is 142 g/mol. The van der Waals surface area contributed by atoms with Crippen LogP contribution in [0.25, 0.3) is 5.52 Å². The summed E-state index contributed by atoms with van der Waals surface area (Å²) in [6.07, 6.45) is 1.63. The largest absolute Gasteiger partial charge is 0.504 e. The molecule has 11 heavy (non-hydrogen) atoms. The van der Waals surface area contributed by atoms with Crippen LogP contribution in [0.4, 0.5) is 5.82 Å². The van der Waals surface area contributed by atoms with Crippen molar-refractivity contribution in [3.8, 4) is 5.75 Å². The highest BCUT2D eigenvalue weighted by Gasteiger charge is 2.01. The monoisotopic (exact) mass is 149 g/mol. The summed E-state index contributed by atoms with van der Waals surface area (Å²) in [5.41, 5.74) is 6.39. The third-order valence-electron chi connectivity index (χ3n) is 1.57. The van der Waals surface area contributed by atoms with Gasteiger partial charge in [0.15, 0.2) is 11.6 Å². The summed E-state index contributed by atoms with van der Waals surface area (Å²) in [7, 11) is 0. The van der Waals surface area contributed by atoms with Crippen LogP contribution in [0.15, 0.2) is 24.4 Å². The van der Waals surface area contributed by atoms with Gasteiger partial charge in [0.2, 0.25) is 0 Å². The fourth-order valence-electron chi connectivity index (χ4n) is 0.999. The Hall–Kier alpha value is -1.71. The van der Waals surface area contributed by atoms with Gasteiger partial charge in [-0.3, -0.25) is 0 Å². The van der Waals surface area contributed by atoms with Crippen molar-refractivity contribution >= 4 is 11.3 Å². The third-order valence-corrected chi connectivity index (χ3v) is 1.57. The topological polar surface area (TPSA) is 63.5 Å². The number of nitrogen functional groups attached to an aromatic ring is 1. The Kier molecular flexibility index (Phi) is 1.03. The first kappa shape index (κ1) is 6.03.